The summed E-state index contributed by atoms with van der Waals surface area (Å²) in [4.78, 5) is 12.6. The van der Waals surface area contributed by atoms with Crippen molar-refractivity contribution < 1.29 is 9.90 Å². The Hall–Kier alpha value is -1.00. The molecule has 17 heavy (non-hydrogen) atoms. The highest BCUT2D eigenvalue weighted by Crippen LogP contribution is 2.13. The third-order valence-electron chi connectivity index (χ3n) is 2.55. The van der Waals surface area contributed by atoms with Gasteiger partial charge in [-0.3, -0.25) is 4.79 Å². The molecule has 0 heterocycles. The molecule has 1 rings (SSSR count). The Morgan fingerprint density at radius 3 is 2.88 bits per heavy atom. The molecule has 0 radical (unpaired) electrons. The minimum Gasteiger partial charge on any atom is -0.393 e. The van der Waals surface area contributed by atoms with Crippen molar-refractivity contribution in [1.29, 1.82) is 0 Å². The second-order valence-electron chi connectivity index (χ2n) is 4.25. The number of carbonyl (C=O) groups excluding carboxylic acids is 1. The van der Waals surface area contributed by atoms with Crippen LogP contribution < -0.4 is 5.32 Å². The fourth-order valence-corrected chi connectivity index (χ4v) is 1.75. The van der Waals surface area contributed by atoms with Crippen LogP contribution in [0.15, 0.2) is 23.1 Å². The highest BCUT2D eigenvalue weighted by Gasteiger charge is 2.08. The van der Waals surface area contributed by atoms with Crippen LogP contribution in [0.3, 0.4) is 0 Å². The van der Waals surface area contributed by atoms with Crippen molar-refractivity contribution in [2.45, 2.75) is 37.7 Å². The summed E-state index contributed by atoms with van der Waals surface area (Å²) >= 11 is 4.22. The molecule has 94 valence electrons. The maximum absolute atomic E-state index is 11.9. The number of aliphatic hydroxyl groups excluding tert-OH is 1. The number of amides is 1. The van der Waals surface area contributed by atoms with Gasteiger partial charge < -0.3 is 10.4 Å². The number of thiol groups is 1. The summed E-state index contributed by atoms with van der Waals surface area (Å²) in [6, 6.07) is 5.51. The summed E-state index contributed by atoms with van der Waals surface area (Å²) in [6.45, 7) is 4.23. The second-order valence-corrected chi connectivity index (χ2v) is 4.76. The van der Waals surface area contributed by atoms with E-state index >= 15 is 0 Å². The SMILES string of the molecule is Cc1ccc(S)cc1C(=O)NCCCC(C)O. The lowest BCUT2D eigenvalue weighted by molar-refractivity contribution is 0.0949. The first-order valence-corrected chi connectivity index (χ1v) is 6.21. The van der Waals surface area contributed by atoms with Crippen LogP contribution in [0.1, 0.15) is 35.7 Å². The standard InChI is InChI=1S/C13H19NO2S/c1-9-5-6-11(17)8-12(9)13(16)14-7-3-4-10(2)15/h5-6,8,10,15,17H,3-4,7H2,1-2H3,(H,14,16). The smallest absolute Gasteiger partial charge is 0.251 e. The number of aliphatic hydroxyl groups is 1. The zero-order chi connectivity index (χ0) is 12.8. The predicted molar refractivity (Wildman–Crippen MR) is 71.7 cm³/mol. The van der Waals surface area contributed by atoms with E-state index in [0.29, 0.717) is 18.5 Å². The van der Waals surface area contributed by atoms with E-state index in [1.54, 1.807) is 13.0 Å². The summed E-state index contributed by atoms with van der Waals surface area (Å²) < 4.78 is 0. The topological polar surface area (TPSA) is 49.3 Å². The van der Waals surface area contributed by atoms with Crippen molar-refractivity contribution in [3.05, 3.63) is 29.3 Å². The summed E-state index contributed by atoms with van der Waals surface area (Å²) in [5.41, 5.74) is 1.60. The fourth-order valence-electron chi connectivity index (χ4n) is 1.55. The van der Waals surface area contributed by atoms with Crippen LogP contribution in [0.2, 0.25) is 0 Å². The lowest BCUT2D eigenvalue weighted by Gasteiger charge is -2.09. The summed E-state index contributed by atoms with van der Waals surface area (Å²) in [7, 11) is 0. The fraction of sp³-hybridized carbons (Fsp3) is 0.462. The van der Waals surface area contributed by atoms with Crippen molar-refractivity contribution in [2.24, 2.45) is 0 Å². The highest BCUT2D eigenvalue weighted by molar-refractivity contribution is 7.80. The van der Waals surface area contributed by atoms with Crippen LogP contribution in [0.25, 0.3) is 0 Å². The van der Waals surface area contributed by atoms with Crippen LogP contribution >= 0.6 is 12.6 Å². The molecule has 0 spiro atoms. The molecule has 0 aromatic heterocycles. The maximum Gasteiger partial charge on any atom is 0.251 e. The quantitative estimate of drug-likeness (QED) is 0.556. The van der Waals surface area contributed by atoms with Crippen molar-refractivity contribution in [2.75, 3.05) is 6.54 Å². The van der Waals surface area contributed by atoms with Crippen molar-refractivity contribution in [3.8, 4) is 0 Å². The molecule has 1 aromatic rings. The van der Waals surface area contributed by atoms with Crippen LogP contribution in [-0.4, -0.2) is 23.7 Å². The average molecular weight is 253 g/mol. The first-order valence-electron chi connectivity index (χ1n) is 5.76. The Labute approximate surface area is 108 Å². The number of carbonyl (C=O) groups is 1. The minimum absolute atomic E-state index is 0.0796. The largest absolute Gasteiger partial charge is 0.393 e. The first kappa shape index (κ1) is 14.1. The van der Waals surface area contributed by atoms with E-state index in [1.807, 2.05) is 19.1 Å². The van der Waals surface area contributed by atoms with E-state index in [-0.39, 0.29) is 12.0 Å². The van der Waals surface area contributed by atoms with Crippen LogP contribution in [0.4, 0.5) is 0 Å². The van der Waals surface area contributed by atoms with Gasteiger partial charge in [0.25, 0.3) is 5.91 Å². The van der Waals surface area contributed by atoms with Gasteiger partial charge in [0.15, 0.2) is 0 Å². The molecule has 0 saturated heterocycles. The molecule has 0 fully saturated rings. The first-order chi connectivity index (χ1) is 8.00. The molecule has 0 aliphatic carbocycles. The van der Waals surface area contributed by atoms with E-state index in [2.05, 4.69) is 17.9 Å². The van der Waals surface area contributed by atoms with Crippen molar-refractivity contribution in [1.82, 2.24) is 5.32 Å². The Morgan fingerprint density at radius 1 is 1.53 bits per heavy atom. The van der Waals surface area contributed by atoms with Gasteiger partial charge in [-0.1, -0.05) is 6.07 Å². The number of nitrogens with one attached hydrogen (secondary N) is 1. The molecule has 1 aromatic carbocycles. The van der Waals surface area contributed by atoms with Gasteiger partial charge in [-0.25, -0.2) is 0 Å². The number of benzene rings is 1. The van der Waals surface area contributed by atoms with Gasteiger partial charge in [-0.05, 0) is 44.4 Å². The molecule has 0 aliphatic heterocycles. The molecular weight excluding hydrogens is 234 g/mol. The van der Waals surface area contributed by atoms with Crippen molar-refractivity contribution in [3.63, 3.8) is 0 Å². The third-order valence-corrected chi connectivity index (χ3v) is 2.83. The van der Waals surface area contributed by atoms with Crippen LogP contribution in [-0.2, 0) is 0 Å². The Balaban J connectivity index is 2.49. The number of aryl methyl sites for hydroxylation is 1. The van der Waals surface area contributed by atoms with Gasteiger partial charge in [0.2, 0.25) is 0 Å². The van der Waals surface area contributed by atoms with E-state index in [1.165, 1.54) is 0 Å². The van der Waals surface area contributed by atoms with Crippen LogP contribution in [0, 0.1) is 6.92 Å². The van der Waals surface area contributed by atoms with Gasteiger partial charge in [0.1, 0.15) is 0 Å². The molecule has 4 heteroatoms. The molecule has 2 N–H and O–H groups in total. The predicted octanol–water partition coefficient (Wildman–Crippen LogP) is 2.17. The van der Waals surface area contributed by atoms with E-state index in [4.69, 9.17) is 5.11 Å². The maximum atomic E-state index is 11.9. The Bertz CT molecular complexity index is 391. The molecule has 0 bridgehead atoms. The summed E-state index contributed by atoms with van der Waals surface area (Å²) in [6.07, 6.45) is 1.17. The monoisotopic (exact) mass is 253 g/mol. The van der Waals surface area contributed by atoms with Crippen LogP contribution in [0.5, 0.6) is 0 Å². The normalized spacial score (nSPS) is 12.2. The van der Waals surface area contributed by atoms with E-state index < -0.39 is 0 Å². The number of hydrogen-bond acceptors (Lipinski definition) is 3. The molecule has 3 nitrogen and oxygen atoms in total. The lowest BCUT2D eigenvalue weighted by Crippen LogP contribution is -2.25. The highest BCUT2D eigenvalue weighted by atomic mass is 32.1. The molecule has 0 aliphatic rings. The molecule has 1 atom stereocenters. The van der Waals surface area contributed by atoms with E-state index in [0.717, 1.165) is 16.9 Å². The van der Waals surface area contributed by atoms with Crippen molar-refractivity contribution >= 4 is 18.5 Å². The molecular formula is C13H19NO2S. The van der Waals surface area contributed by atoms with Gasteiger partial charge in [-0.15, -0.1) is 12.6 Å². The Kier molecular flexibility index (Phi) is 5.51. The second kappa shape index (κ2) is 6.67. The molecule has 1 unspecified atom stereocenters. The zero-order valence-corrected chi connectivity index (χ0v) is 11.1. The summed E-state index contributed by atoms with van der Waals surface area (Å²) in [5, 5.41) is 11.9. The Morgan fingerprint density at radius 2 is 2.24 bits per heavy atom. The summed E-state index contributed by atoms with van der Waals surface area (Å²) in [5.74, 6) is -0.0796. The average Bonchev–Trinajstić information content (AvgIpc) is 2.27. The lowest BCUT2D eigenvalue weighted by atomic mass is 10.1. The number of rotatable bonds is 5. The van der Waals surface area contributed by atoms with Gasteiger partial charge in [0.05, 0.1) is 6.10 Å². The van der Waals surface area contributed by atoms with Gasteiger partial charge >= 0.3 is 0 Å². The van der Waals surface area contributed by atoms with E-state index in [9.17, 15) is 4.79 Å². The van der Waals surface area contributed by atoms with Gasteiger partial charge in [-0.2, -0.15) is 0 Å². The van der Waals surface area contributed by atoms with Gasteiger partial charge in [0, 0.05) is 17.0 Å². The molecule has 1 amide bonds. The number of hydrogen-bond donors (Lipinski definition) is 3. The zero-order valence-electron chi connectivity index (χ0n) is 10.2. The molecule has 0 saturated carbocycles. The minimum atomic E-state index is -0.311. The third kappa shape index (κ3) is 4.79.